The molecule has 2 N–H and O–H groups in total. The maximum atomic E-state index is 12.8. The predicted octanol–water partition coefficient (Wildman–Crippen LogP) is 1.30. The Morgan fingerprint density at radius 3 is 2.81 bits per heavy atom. The number of nitrogens with zero attached hydrogens (tertiary/aromatic N) is 4. The maximum Gasteiger partial charge on any atom is 0.255 e. The van der Waals surface area contributed by atoms with Gasteiger partial charge in [0.1, 0.15) is 11.7 Å². The monoisotopic (exact) mass is 418 g/mol. The number of ether oxygens (including phenoxy) is 1. The highest BCUT2D eigenvalue weighted by atomic mass is 16.5. The highest BCUT2D eigenvalue weighted by molar-refractivity contribution is 6.05. The summed E-state index contributed by atoms with van der Waals surface area (Å²) in [5.41, 5.74) is 2.66. The molecule has 1 fully saturated rings. The Morgan fingerprint density at radius 2 is 2.00 bits per heavy atom. The number of imide groups is 1. The van der Waals surface area contributed by atoms with Crippen molar-refractivity contribution in [2.75, 3.05) is 7.11 Å². The van der Waals surface area contributed by atoms with Gasteiger partial charge in [0.05, 0.1) is 7.11 Å². The fourth-order valence-electron chi connectivity index (χ4n) is 3.88. The molecule has 0 bridgehead atoms. The van der Waals surface area contributed by atoms with Crippen LogP contribution in [0.3, 0.4) is 0 Å². The Balaban J connectivity index is 1.40. The van der Waals surface area contributed by atoms with Crippen molar-refractivity contribution < 1.29 is 19.1 Å². The molecular formula is C21H18N6O4. The molecule has 156 valence electrons. The molecule has 5 rings (SSSR count). The smallest absolute Gasteiger partial charge is 0.255 e. The normalized spacial score (nSPS) is 18.2. The van der Waals surface area contributed by atoms with Crippen molar-refractivity contribution in [1.29, 1.82) is 0 Å². The van der Waals surface area contributed by atoms with Gasteiger partial charge in [0.25, 0.3) is 5.91 Å². The van der Waals surface area contributed by atoms with E-state index in [-0.39, 0.29) is 18.2 Å². The van der Waals surface area contributed by atoms with Crippen molar-refractivity contribution in [3.8, 4) is 28.8 Å². The Bertz CT molecular complexity index is 1220. The van der Waals surface area contributed by atoms with Gasteiger partial charge < -0.3 is 9.64 Å². The van der Waals surface area contributed by atoms with E-state index in [1.54, 1.807) is 31.4 Å². The van der Waals surface area contributed by atoms with E-state index in [4.69, 9.17) is 4.74 Å². The molecule has 1 atom stereocenters. The van der Waals surface area contributed by atoms with Gasteiger partial charge in [0.2, 0.25) is 17.7 Å². The van der Waals surface area contributed by atoms with Gasteiger partial charge in [-0.3, -0.25) is 24.8 Å². The third-order valence-electron chi connectivity index (χ3n) is 5.44. The molecule has 0 saturated carbocycles. The van der Waals surface area contributed by atoms with Gasteiger partial charge in [-0.15, -0.1) is 0 Å². The maximum absolute atomic E-state index is 12.8. The third kappa shape index (κ3) is 3.31. The number of methoxy groups -OCH3 is 1. The van der Waals surface area contributed by atoms with Crippen LogP contribution >= 0.6 is 0 Å². The van der Waals surface area contributed by atoms with Gasteiger partial charge >= 0.3 is 0 Å². The van der Waals surface area contributed by atoms with Gasteiger partial charge in [0.15, 0.2) is 11.6 Å². The molecule has 4 heterocycles. The van der Waals surface area contributed by atoms with E-state index in [2.05, 4.69) is 25.5 Å². The van der Waals surface area contributed by atoms with E-state index >= 15 is 0 Å². The first-order valence-corrected chi connectivity index (χ1v) is 9.75. The molecular weight excluding hydrogens is 400 g/mol. The second-order valence-electron chi connectivity index (χ2n) is 7.34. The van der Waals surface area contributed by atoms with Crippen LogP contribution < -0.4 is 10.1 Å². The molecule has 3 aromatic rings. The number of aromatic amines is 1. The first-order chi connectivity index (χ1) is 15.0. The van der Waals surface area contributed by atoms with E-state index in [9.17, 15) is 14.4 Å². The van der Waals surface area contributed by atoms with Crippen molar-refractivity contribution in [2.24, 2.45) is 0 Å². The summed E-state index contributed by atoms with van der Waals surface area (Å²) in [6.07, 6.45) is 0.551. The Morgan fingerprint density at radius 1 is 1.13 bits per heavy atom. The van der Waals surface area contributed by atoms with E-state index in [0.717, 1.165) is 11.1 Å². The van der Waals surface area contributed by atoms with E-state index in [1.807, 2.05) is 12.1 Å². The lowest BCUT2D eigenvalue weighted by molar-refractivity contribution is -0.136. The average Bonchev–Trinajstić information content (AvgIpc) is 3.39. The summed E-state index contributed by atoms with van der Waals surface area (Å²) in [6.45, 7) is 0.295. The molecule has 10 nitrogen and oxygen atoms in total. The zero-order valence-corrected chi connectivity index (χ0v) is 16.6. The summed E-state index contributed by atoms with van der Waals surface area (Å²) in [5.74, 6) is 0.484. The molecule has 2 aliphatic heterocycles. The molecule has 0 unspecified atom stereocenters. The number of pyridine rings is 1. The van der Waals surface area contributed by atoms with Gasteiger partial charge in [-0.05, 0) is 30.2 Å². The topological polar surface area (TPSA) is 130 Å². The minimum absolute atomic E-state index is 0.215. The van der Waals surface area contributed by atoms with Crippen molar-refractivity contribution >= 4 is 17.7 Å². The average molecular weight is 418 g/mol. The lowest BCUT2D eigenvalue weighted by Crippen LogP contribution is -2.52. The van der Waals surface area contributed by atoms with Gasteiger partial charge in [-0.1, -0.05) is 12.1 Å². The fourth-order valence-corrected chi connectivity index (χ4v) is 3.88. The summed E-state index contributed by atoms with van der Waals surface area (Å²) in [7, 11) is 1.54. The van der Waals surface area contributed by atoms with Crippen molar-refractivity contribution in [2.45, 2.75) is 25.4 Å². The molecule has 0 radical (unpaired) electrons. The van der Waals surface area contributed by atoms with E-state index in [1.165, 1.54) is 4.90 Å². The number of rotatable bonds is 4. The highest BCUT2D eigenvalue weighted by Crippen LogP contribution is 2.30. The van der Waals surface area contributed by atoms with Gasteiger partial charge in [-0.25, -0.2) is 9.97 Å². The Kier molecular flexibility index (Phi) is 4.46. The van der Waals surface area contributed by atoms with Crippen LogP contribution in [0.1, 0.15) is 28.8 Å². The van der Waals surface area contributed by atoms with Gasteiger partial charge in [0, 0.05) is 30.2 Å². The number of aromatic nitrogens is 4. The zero-order chi connectivity index (χ0) is 21.5. The van der Waals surface area contributed by atoms with Crippen molar-refractivity contribution in [1.82, 2.24) is 30.4 Å². The standard InChI is InChI=1S/C21H18N6O4/c1-31-17-4-2-3-14(22-17)19-24-18(25-26-19)11-5-6-13-12(9-11)10-27(21(13)30)15-7-8-16(28)23-20(15)29/h2-6,9,15H,7-8,10H2,1H3,(H,23,28,29)(H,24,25,26)/t15-/m1/s1. The first-order valence-electron chi connectivity index (χ1n) is 9.75. The van der Waals surface area contributed by atoms with E-state index in [0.29, 0.717) is 41.8 Å². The lowest BCUT2D eigenvalue weighted by Gasteiger charge is -2.29. The summed E-state index contributed by atoms with van der Waals surface area (Å²) < 4.78 is 5.14. The third-order valence-corrected chi connectivity index (χ3v) is 5.44. The summed E-state index contributed by atoms with van der Waals surface area (Å²) in [4.78, 5) is 46.8. The number of hydrogen-bond acceptors (Lipinski definition) is 7. The van der Waals surface area contributed by atoms with Crippen LogP contribution in [0.5, 0.6) is 5.88 Å². The van der Waals surface area contributed by atoms with Crippen LogP contribution in [-0.2, 0) is 16.1 Å². The largest absolute Gasteiger partial charge is 0.481 e. The summed E-state index contributed by atoms with van der Waals surface area (Å²) in [6, 6.07) is 10.1. The predicted molar refractivity (Wildman–Crippen MR) is 108 cm³/mol. The Labute approximate surface area is 176 Å². The lowest BCUT2D eigenvalue weighted by atomic mass is 10.0. The van der Waals surface area contributed by atoms with Crippen molar-refractivity contribution in [3.63, 3.8) is 0 Å². The quantitative estimate of drug-likeness (QED) is 0.611. The molecule has 0 aliphatic carbocycles. The molecule has 2 aliphatic rings. The first kappa shape index (κ1) is 18.9. The fraction of sp³-hybridized carbons (Fsp3) is 0.238. The highest BCUT2D eigenvalue weighted by Gasteiger charge is 2.39. The number of piperidine rings is 1. The second kappa shape index (κ2) is 7.31. The minimum Gasteiger partial charge on any atom is -0.481 e. The number of carbonyl (C=O) groups is 3. The van der Waals surface area contributed by atoms with E-state index < -0.39 is 11.9 Å². The number of hydrogen-bond donors (Lipinski definition) is 2. The van der Waals surface area contributed by atoms with Crippen molar-refractivity contribution in [3.05, 3.63) is 47.5 Å². The molecule has 0 spiro atoms. The zero-order valence-electron chi connectivity index (χ0n) is 16.6. The van der Waals surface area contributed by atoms with Crippen LogP contribution in [0.25, 0.3) is 22.9 Å². The molecule has 1 aromatic carbocycles. The molecule has 2 aromatic heterocycles. The number of carbonyl (C=O) groups excluding carboxylic acids is 3. The Hall–Kier alpha value is -4.08. The number of nitrogens with one attached hydrogen (secondary N) is 2. The van der Waals surface area contributed by atoms with Crippen LogP contribution in [0.2, 0.25) is 0 Å². The van der Waals surface area contributed by atoms with Crippen LogP contribution in [0.15, 0.2) is 36.4 Å². The van der Waals surface area contributed by atoms with Gasteiger partial charge in [-0.2, -0.15) is 5.10 Å². The SMILES string of the molecule is COc1cccc(-c2nc(-c3ccc4c(c3)CN([C@@H]3CCC(=O)NC3=O)C4=O)n[nH]2)n1. The molecule has 3 amide bonds. The van der Waals surface area contributed by atoms with Crippen LogP contribution in [-0.4, -0.2) is 55.9 Å². The minimum atomic E-state index is -0.643. The summed E-state index contributed by atoms with van der Waals surface area (Å²) >= 11 is 0. The number of benzene rings is 1. The number of amides is 3. The molecule has 1 saturated heterocycles. The molecule has 31 heavy (non-hydrogen) atoms. The summed E-state index contributed by atoms with van der Waals surface area (Å²) in [5, 5.41) is 9.46. The van der Waals surface area contributed by atoms with Crippen LogP contribution in [0, 0.1) is 0 Å². The second-order valence-corrected chi connectivity index (χ2v) is 7.34. The number of fused-ring (bicyclic) bond motifs is 1. The van der Waals surface area contributed by atoms with Crippen LogP contribution in [0.4, 0.5) is 0 Å². The molecule has 10 heteroatoms. The number of H-pyrrole nitrogens is 1.